The summed E-state index contributed by atoms with van der Waals surface area (Å²) in [4.78, 5) is 4.17. The zero-order valence-electron chi connectivity index (χ0n) is 11.8. The highest BCUT2D eigenvalue weighted by molar-refractivity contribution is 5.86. The summed E-state index contributed by atoms with van der Waals surface area (Å²) < 4.78 is 15.5. The lowest BCUT2D eigenvalue weighted by atomic mass is 10.0. The predicted molar refractivity (Wildman–Crippen MR) is 86.5 cm³/mol. The fourth-order valence-corrected chi connectivity index (χ4v) is 2.70. The van der Waals surface area contributed by atoms with Gasteiger partial charge in [-0.05, 0) is 52.9 Å². The highest BCUT2D eigenvalue weighted by atomic mass is 19.1. The molecule has 0 atom stereocenters. The van der Waals surface area contributed by atoms with Crippen LogP contribution in [0.3, 0.4) is 0 Å². The Morgan fingerprint density at radius 3 is 2.59 bits per heavy atom. The van der Waals surface area contributed by atoms with Crippen LogP contribution >= 0.6 is 0 Å². The molecule has 0 bridgehead atoms. The van der Waals surface area contributed by atoms with Gasteiger partial charge in [0.1, 0.15) is 5.82 Å². The maximum Gasteiger partial charge on any atom is 0.123 e. The van der Waals surface area contributed by atoms with Crippen LogP contribution in [-0.4, -0.2) is 9.55 Å². The number of benzene rings is 2. The molecule has 4 rings (SSSR count). The number of halogens is 1. The van der Waals surface area contributed by atoms with Gasteiger partial charge in [0.25, 0.3) is 0 Å². The Balaban J connectivity index is 1.90. The van der Waals surface area contributed by atoms with Crippen molar-refractivity contribution in [2.75, 3.05) is 0 Å². The van der Waals surface area contributed by atoms with Crippen LogP contribution in [-0.2, 0) is 0 Å². The van der Waals surface area contributed by atoms with Crippen molar-refractivity contribution >= 4 is 10.9 Å². The van der Waals surface area contributed by atoms with Crippen molar-refractivity contribution in [3.8, 4) is 16.8 Å². The lowest BCUT2D eigenvalue weighted by Gasteiger charge is -2.07. The van der Waals surface area contributed by atoms with Crippen LogP contribution in [0.2, 0.25) is 0 Å². The van der Waals surface area contributed by atoms with Gasteiger partial charge in [-0.2, -0.15) is 0 Å². The minimum Gasteiger partial charge on any atom is -0.315 e. The molecule has 0 aliphatic rings. The number of hydrogen-bond donors (Lipinski definition) is 0. The molecule has 3 heteroatoms. The van der Waals surface area contributed by atoms with E-state index in [1.165, 1.54) is 6.07 Å². The molecule has 0 amide bonds. The fraction of sp³-hybridized carbons (Fsp3) is 0. The van der Waals surface area contributed by atoms with Crippen molar-refractivity contribution in [3.63, 3.8) is 0 Å². The Kier molecular flexibility index (Phi) is 2.97. The third kappa shape index (κ3) is 2.17. The van der Waals surface area contributed by atoms with Crippen LogP contribution in [0.1, 0.15) is 0 Å². The summed E-state index contributed by atoms with van der Waals surface area (Å²) in [5.41, 5.74) is 3.96. The molecule has 4 aromatic rings. The number of aromatic nitrogens is 2. The first-order valence-electron chi connectivity index (χ1n) is 7.09. The van der Waals surface area contributed by atoms with Crippen LogP contribution in [0.4, 0.5) is 4.39 Å². The second kappa shape index (κ2) is 5.11. The van der Waals surface area contributed by atoms with Gasteiger partial charge in [0.15, 0.2) is 0 Å². The molecule has 0 unspecified atom stereocenters. The topological polar surface area (TPSA) is 17.8 Å². The number of fused-ring (bicyclic) bond motifs is 1. The number of rotatable bonds is 2. The lowest BCUT2D eigenvalue weighted by molar-refractivity contribution is 0.628. The number of hydrogen-bond acceptors (Lipinski definition) is 1. The molecule has 0 N–H and O–H groups in total. The van der Waals surface area contributed by atoms with E-state index in [1.807, 2.05) is 36.7 Å². The van der Waals surface area contributed by atoms with Crippen LogP contribution in [0.5, 0.6) is 0 Å². The first-order chi connectivity index (χ1) is 10.8. The van der Waals surface area contributed by atoms with Crippen LogP contribution in [0.15, 0.2) is 79.3 Å². The first-order valence-corrected chi connectivity index (χ1v) is 7.09. The normalized spacial score (nSPS) is 11.0. The van der Waals surface area contributed by atoms with Gasteiger partial charge in [-0.1, -0.05) is 24.3 Å². The zero-order valence-corrected chi connectivity index (χ0v) is 11.8. The Morgan fingerprint density at radius 2 is 1.77 bits per heavy atom. The van der Waals surface area contributed by atoms with Gasteiger partial charge in [0.05, 0.1) is 17.4 Å². The summed E-state index contributed by atoms with van der Waals surface area (Å²) in [6.45, 7) is 0. The van der Waals surface area contributed by atoms with Crippen molar-refractivity contribution in [3.05, 3.63) is 85.1 Å². The minimum absolute atomic E-state index is 0.222. The minimum atomic E-state index is -0.222. The number of nitrogens with zero attached hydrogens (tertiary/aromatic N) is 2. The smallest absolute Gasteiger partial charge is 0.123 e. The van der Waals surface area contributed by atoms with Crippen molar-refractivity contribution < 1.29 is 4.39 Å². The van der Waals surface area contributed by atoms with Crippen LogP contribution < -0.4 is 0 Å². The molecule has 0 aliphatic heterocycles. The summed E-state index contributed by atoms with van der Waals surface area (Å²) in [5.74, 6) is -0.222. The van der Waals surface area contributed by atoms with E-state index in [0.29, 0.717) is 0 Å². The third-order valence-electron chi connectivity index (χ3n) is 3.78. The maximum absolute atomic E-state index is 13.4. The molecule has 0 spiro atoms. The van der Waals surface area contributed by atoms with E-state index in [2.05, 4.69) is 27.8 Å². The SMILES string of the molecule is Fc1cccc(-c2ccc3ccn(-c4cccnc4)c3c2)c1. The van der Waals surface area contributed by atoms with Gasteiger partial charge in [0.2, 0.25) is 0 Å². The van der Waals surface area contributed by atoms with Gasteiger partial charge in [-0.3, -0.25) is 4.98 Å². The molecular formula is C19H13FN2. The second-order valence-electron chi connectivity index (χ2n) is 5.18. The lowest BCUT2D eigenvalue weighted by Crippen LogP contribution is -1.92. The Labute approximate surface area is 127 Å². The standard InChI is InChI=1S/C19H13FN2/c20-17-4-1-3-15(11-17)16-7-6-14-8-10-22(19(14)12-16)18-5-2-9-21-13-18/h1-13H. The first kappa shape index (κ1) is 12.8. The molecule has 2 aromatic carbocycles. The molecule has 0 saturated heterocycles. The number of pyridine rings is 1. The summed E-state index contributed by atoms with van der Waals surface area (Å²) in [5, 5.41) is 1.14. The Hall–Kier alpha value is -2.94. The van der Waals surface area contributed by atoms with Gasteiger partial charge in [-0.15, -0.1) is 0 Å². The highest BCUT2D eigenvalue weighted by Crippen LogP contribution is 2.27. The fourth-order valence-electron chi connectivity index (χ4n) is 2.70. The monoisotopic (exact) mass is 288 g/mol. The Bertz CT molecular complexity index is 942. The summed E-state index contributed by atoms with van der Waals surface area (Å²) in [6, 6.07) is 18.8. The molecule has 2 heterocycles. The van der Waals surface area contributed by atoms with Crippen molar-refractivity contribution in [1.29, 1.82) is 0 Å². The molecule has 0 aliphatic carbocycles. The van der Waals surface area contributed by atoms with Crippen molar-refractivity contribution in [1.82, 2.24) is 9.55 Å². The van der Waals surface area contributed by atoms with Crippen LogP contribution in [0, 0.1) is 5.82 Å². The van der Waals surface area contributed by atoms with Gasteiger partial charge in [-0.25, -0.2) is 4.39 Å². The van der Waals surface area contributed by atoms with Crippen molar-refractivity contribution in [2.24, 2.45) is 0 Å². The van der Waals surface area contributed by atoms with E-state index in [4.69, 9.17) is 0 Å². The van der Waals surface area contributed by atoms with E-state index in [9.17, 15) is 4.39 Å². The molecule has 106 valence electrons. The average molecular weight is 288 g/mol. The second-order valence-corrected chi connectivity index (χ2v) is 5.18. The largest absolute Gasteiger partial charge is 0.315 e. The zero-order chi connectivity index (χ0) is 14.9. The molecule has 0 fully saturated rings. The molecule has 2 nitrogen and oxygen atoms in total. The van der Waals surface area contributed by atoms with Gasteiger partial charge in [0, 0.05) is 12.4 Å². The van der Waals surface area contributed by atoms with Gasteiger partial charge < -0.3 is 4.57 Å². The van der Waals surface area contributed by atoms with Gasteiger partial charge >= 0.3 is 0 Å². The van der Waals surface area contributed by atoms with Crippen LogP contribution in [0.25, 0.3) is 27.7 Å². The predicted octanol–water partition coefficient (Wildman–Crippen LogP) is 4.83. The van der Waals surface area contributed by atoms with E-state index in [0.717, 1.165) is 27.7 Å². The van der Waals surface area contributed by atoms with E-state index in [1.54, 1.807) is 18.3 Å². The molecule has 22 heavy (non-hydrogen) atoms. The summed E-state index contributed by atoms with van der Waals surface area (Å²) in [6.07, 6.45) is 5.61. The third-order valence-corrected chi connectivity index (χ3v) is 3.78. The summed E-state index contributed by atoms with van der Waals surface area (Å²) >= 11 is 0. The maximum atomic E-state index is 13.4. The molecule has 0 saturated carbocycles. The van der Waals surface area contributed by atoms with E-state index < -0.39 is 0 Å². The molecular weight excluding hydrogens is 275 g/mol. The average Bonchev–Trinajstić information content (AvgIpc) is 2.99. The summed E-state index contributed by atoms with van der Waals surface area (Å²) in [7, 11) is 0. The highest BCUT2D eigenvalue weighted by Gasteiger charge is 2.06. The Morgan fingerprint density at radius 1 is 0.864 bits per heavy atom. The molecule has 0 radical (unpaired) electrons. The quantitative estimate of drug-likeness (QED) is 0.516. The molecule has 2 aromatic heterocycles. The van der Waals surface area contributed by atoms with E-state index in [-0.39, 0.29) is 5.82 Å². The van der Waals surface area contributed by atoms with E-state index >= 15 is 0 Å². The van der Waals surface area contributed by atoms with Crippen molar-refractivity contribution in [2.45, 2.75) is 0 Å².